The number of carbonyl (C=O) groups is 2. The number of nitrogens with one attached hydrogen (secondary N) is 2. The standard InChI is InChI=1S/C19H19N3O4S/c1-11-7-14-8-12(4-6-17(14)22(11)27(2,25)26)18(23)21-15-5-3-13-10-20-19(24)16(13)9-15/h3-6,8-9,11H,7,10H2,1-2H3,(H,20,24)(H,21,23). The monoisotopic (exact) mass is 385 g/mol. The molecule has 2 aliphatic heterocycles. The molecule has 0 fully saturated rings. The van der Waals surface area contributed by atoms with Gasteiger partial charge in [0, 0.05) is 29.4 Å². The number of benzene rings is 2. The van der Waals surface area contributed by atoms with Crippen molar-refractivity contribution in [3.05, 3.63) is 58.7 Å². The zero-order valence-electron chi connectivity index (χ0n) is 14.9. The highest BCUT2D eigenvalue weighted by Crippen LogP contribution is 2.34. The van der Waals surface area contributed by atoms with Crippen molar-refractivity contribution in [2.24, 2.45) is 0 Å². The maximum atomic E-state index is 12.6. The Balaban J connectivity index is 1.59. The number of hydrogen-bond donors (Lipinski definition) is 2. The second-order valence-corrected chi connectivity index (χ2v) is 8.82. The maximum Gasteiger partial charge on any atom is 0.255 e. The molecule has 4 rings (SSSR count). The van der Waals surface area contributed by atoms with Crippen LogP contribution in [0.25, 0.3) is 0 Å². The summed E-state index contributed by atoms with van der Waals surface area (Å²) < 4.78 is 25.4. The van der Waals surface area contributed by atoms with Crippen LogP contribution < -0.4 is 14.9 Å². The average Bonchev–Trinajstić information content (AvgIpc) is 3.13. The zero-order valence-corrected chi connectivity index (χ0v) is 15.8. The number of sulfonamides is 1. The minimum atomic E-state index is -3.36. The highest BCUT2D eigenvalue weighted by atomic mass is 32.2. The van der Waals surface area contributed by atoms with E-state index in [1.807, 2.05) is 13.0 Å². The van der Waals surface area contributed by atoms with Crippen molar-refractivity contribution < 1.29 is 18.0 Å². The maximum absolute atomic E-state index is 12.6. The molecule has 2 N–H and O–H groups in total. The largest absolute Gasteiger partial charge is 0.348 e. The van der Waals surface area contributed by atoms with Crippen molar-refractivity contribution in [3.63, 3.8) is 0 Å². The Morgan fingerprint density at radius 3 is 2.70 bits per heavy atom. The lowest BCUT2D eigenvalue weighted by atomic mass is 10.1. The second-order valence-electron chi connectivity index (χ2n) is 6.96. The van der Waals surface area contributed by atoms with Crippen LogP contribution in [0.15, 0.2) is 36.4 Å². The molecule has 27 heavy (non-hydrogen) atoms. The molecule has 8 heteroatoms. The molecular weight excluding hydrogens is 366 g/mol. The van der Waals surface area contributed by atoms with Crippen molar-refractivity contribution in [3.8, 4) is 0 Å². The van der Waals surface area contributed by atoms with E-state index in [2.05, 4.69) is 10.6 Å². The fourth-order valence-corrected chi connectivity index (χ4v) is 5.01. The first-order valence-corrected chi connectivity index (χ1v) is 10.4. The Bertz CT molecular complexity index is 1080. The van der Waals surface area contributed by atoms with Crippen LogP contribution in [-0.4, -0.2) is 32.5 Å². The highest BCUT2D eigenvalue weighted by Gasteiger charge is 2.32. The van der Waals surface area contributed by atoms with Gasteiger partial charge in [-0.15, -0.1) is 0 Å². The van der Waals surface area contributed by atoms with Crippen molar-refractivity contribution in [1.82, 2.24) is 5.32 Å². The van der Waals surface area contributed by atoms with Gasteiger partial charge in [-0.25, -0.2) is 8.42 Å². The van der Waals surface area contributed by atoms with Crippen molar-refractivity contribution in [2.75, 3.05) is 15.9 Å². The van der Waals surface area contributed by atoms with Gasteiger partial charge in [0.2, 0.25) is 10.0 Å². The van der Waals surface area contributed by atoms with Crippen LogP contribution in [0.2, 0.25) is 0 Å². The van der Waals surface area contributed by atoms with Crippen LogP contribution in [0.3, 0.4) is 0 Å². The van der Waals surface area contributed by atoms with Crippen LogP contribution in [0.4, 0.5) is 11.4 Å². The summed E-state index contributed by atoms with van der Waals surface area (Å²) in [5, 5.41) is 5.54. The first-order chi connectivity index (χ1) is 12.7. The molecule has 140 valence electrons. The van der Waals surface area contributed by atoms with Crippen LogP contribution in [0.1, 0.15) is 38.8 Å². The highest BCUT2D eigenvalue weighted by molar-refractivity contribution is 7.92. The molecule has 2 aliphatic rings. The predicted molar refractivity (Wildman–Crippen MR) is 102 cm³/mol. The summed E-state index contributed by atoms with van der Waals surface area (Å²) in [7, 11) is -3.36. The zero-order chi connectivity index (χ0) is 19.3. The van der Waals surface area contributed by atoms with E-state index in [0.717, 1.165) is 11.1 Å². The normalized spacial score (nSPS) is 18.1. The number of anilines is 2. The summed E-state index contributed by atoms with van der Waals surface area (Å²) in [5.74, 6) is -0.449. The number of nitrogens with zero attached hydrogens (tertiary/aromatic N) is 1. The quantitative estimate of drug-likeness (QED) is 0.843. The Morgan fingerprint density at radius 2 is 1.96 bits per heavy atom. The van der Waals surface area contributed by atoms with Gasteiger partial charge in [0.15, 0.2) is 0 Å². The van der Waals surface area contributed by atoms with E-state index in [1.54, 1.807) is 30.3 Å². The minimum Gasteiger partial charge on any atom is -0.348 e. The van der Waals surface area contributed by atoms with Gasteiger partial charge in [0.1, 0.15) is 0 Å². The first-order valence-electron chi connectivity index (χ1n) is 8.59. The molecule has 2 heterocycles. The molecule has 0 spiro atoms. The lowest BCUT2D eigenvalue weighted by Gasteiger charge is -2.21. The van der Waals surface area contributed by atoms with Gasteiger partial charge in [0.05, 0.1) is 11.9 Å². The van der Waals surface area contributed by atoms with Gasteiger partial charge in [-0.2, -0.15) is 0 Å². The fraction of sp³-hybridized carbons (Fsp3) is 0.263. The number of carbonyl (C=O) groups excluding carboxylic acids is 2. The summed E-state index contributed by atoms with van der Waals surface area (Å²) in [4.78, 5) is 24.4. The van der Waals surface area contributed by atoms with Gasteiger partial charge in [-0.3, -0.25) is 13.9 Å². The van der Waals surface area contributed by atoms with Gasteiger partial charge in [-0.1, -0.05) is 6.07 Å². The number of rotatable bonds is 3. The fourth-order valence-electron chi connectivity index (χ4n) is 3.74. The van der Waals surface area contributed by atoms with Crippen molar-refractivity contribution in [1.29, 1.82) is 0 Å². The van der Waals surface area contributed by atoms with E-state index in [-0.39, 0.29) is 17.9 Å². The molecule has 0 saturated heterocycles. The second kappa shape index (κ2) is 6.09. The predicted octanol–water partition coefficient (Wildman–Crippen LogP) is 1.89. The Kier molecular flexibility index (Phi) is 3.96. The third-order valence-electron chi connectivity index (χ3n) is 4.90. The Morgan fingerprint density at radius 1 is 1.19 bits per heavy atom. The van der Waals surface area contributed by atoms with E-state index >= 15 is 0 Å². The summed E-state index contributed by atoms with van der Waals surface area (Å²) in [6, 6.07) is 10.1. The van der Waals surface area contributed by atoms with Crippen LogP contribution in [-0.2, 0) is 23.0 Å². The molecular formula is C19H19N3O4S. The molecule has 2 amide bonds. The Labute approximate surface area is 157 Å². The molecule has 1 unspecified atom stereocenters. The molecule has 0 saturated carbocycles. The smallest absolute Gasteiger partial charge is 0.255 e. The average molecular weight is 385 g/mol. The summed E-state index contributed by atoms with van der Waals surface area (Å²) in [6.45, 7) is 2.35. The van der Waals surface area contributed by atoms with Gasteiger partial charge in [0.25, 0.3) is 11.8 Å². The summed E-state index contributed by atoms with van der Waals surface area (Å²) >= 11 is 0. The summed E-state index contributed by atoms with van der Waals surface area (Å²) in [6.07, 6.45) is 1.74. The molecule has 1 atom stereocenters. The van der Waals surface area contributed by atoms with Crippen LogP contribution in [0.5, 0.6) is 0 Å². The lowest BCUT2D eigenvalue weighted by Crippen LogP contribution is -2.34. The van der Waals surface area contributed by atoms with E-state index in [9.17, 15) is 18.0 Å². The van der Waals surface area contributed by atoms with Crippen molar-refractivity contribution in [2.45, 2.75) is 25.9 Å². The van der Waals surface area contributed by atoms with Crippen molar-refractivity contribution >= 4 is 33.2 Å². The molecule has 0 radical (unpaired) electrons. The van der Waals surface area contributed by atoms with Gasteiger partial charge < -0.3 is 10.6 Å². The number of fused-ring (bicyclic) bond motifs is 2. The third-order valence-corrected chi connectivity index (χ3v) is 6.18. The van der Waals surface area contributed by atoms with Crippen LogP contribution in [0, 0.1) is 0 Å². The molecule has 0 bridgehead atoms. The lowest BCUT2D eigenvalue weighted by molar-refractivity contribution is 0.0964. The number of amides is 2. The van der Waals surface area contributed by atoms with Gasteiger partial charge in [-0.05, 0) is 54.8 Å². The van der Waals surface area contributed by atoms with E-state index in [4.69, 9.17) is 0 Å². The van der Waals surface area contributed by atoms with E-state index in [1.165, 1.54) is 10.6 Å². The first kappa shape index (κ1) is 17.5. The van der Waals surface area contributed by atoms with E-state index < -0.39 is 10.0 Å². The minimum absolute atomic E-state index is 0.145. The topological polar surface area (TPSA) is 95.6 Å². The van der Waals surface area contributed by atoms with Crippen LogP contribution >= 0.6 is 0 Å². The molecule has 0 aromatic heterocycles. The third kappa shape index (κ3) is 3.06. The SMILES string of the molecule is CC1Cc2cc(C(=O)Nc3ccc4c(c3)C(=O)NC4)ccc2N1S(C)(=O)=O. The molecule has 2 aromatic rings. The molecule has 2 aromatic carbocycles. The Hall–Kier alpha value is -2.87. The van der Waals surface area contributed by atoms with Gasteiger partial charge >= 0.3 is 0 Å². The summed E-state index contributed by atoms with van der Waals surface area (Å²) in [5.41, 5.74) is 3.91. The molecule has 0 aliphatic carbocycles. The molecule has 7 nitrogen and oxygen atoms in total. The van der Waals surface area contributed by atoms with E-state index in [0.29, 0.717) is 35.5 Å². The number of hydrogen-bond acceptors (Lipinski definition) is 4.